The van der Waals surface area contributed by atoms with Crippen molar-refractivity contribution in [3.63, 3.8) is 0 Å². The molecule has 0 radical (unpaired) electrons. The van der Waals surface area contributed by atoms with E-state index in [0.717, 1.165) is 4.47 Å². The Morgan fingerprint density at radius 1 is 0.944 bits per heavy atom. The molecule has 0 aliphatic heterocycles. The van der Waals surface area contributed by atoms with Gasteiger partial charge in [0, 0.05) is 4.47 Å². The van der Waals surface area contributed by atoms with Crippen molar-refractivity contribution in [1.29, 1.82) is 0 Å². The minimum Gasteiger partial charge on any atom is -0.506 e. The Bertz CT molecular complexity index is 617. The van der Waals surface area contributed by atoms with Crippen molar-refractivity contribution in [2.24, 2.45) is 10.2 Å². The maximum absolute atomic E-state index is 9.59. The van der Waals surface area contributed by atoms with Gasteiger partial charge in [-0.1, -0.05) is 39.1 Å². The van der Waals surface area contributed by atoms with Gasteiger partial charge in [0.05, 0.1) is 15.7 Å². The van der Waals surface area contributed by atoms with Crippen molar-refractivity contribution >= 4 is 50.5 Å². The lowest BCUT2D eigenvalue weighted by Gasteiger charge is -1.99. The third-order valence-electron chi connectivity index (χ3n) is 2.11. The normalized spacial score (nSPS) is 11.1. The van der Waals surface area contributed by atoms with Crippen LogP contribution in [0.5, 0.6) is 5.75 Å². The average molecular weight is 346 g/mol. The van der Waals surface area contributed by atoms with Crippen LogP contribution in [0.15, 0.2) is 51.1 Å². The van der Waals surface area contributed by atoms with Crippen LogP contribution in [0, 0.1) is 0 Å². The van der Waals surface area contributed by atoms with E-state index in [4.69, 9.17) is 23.2 Å². The van der Waals surface area contributed by atoms with Crippen molar-refractivity contribution in [1.82, 2.24) is 0 Å². The number of phenolic OH excluding ortho intramolecular Hbond substituents is 1. The summed E-state index contributed by atoms with van der Waals surface area (Å²) in [7, 11) is 0. The van der Waals surface area contributed by atoms with Crippen LogP contribution in [0.4, 0.5) is 11.4 Å². The predicted octanol–water partition coefficient (Wildman–Crippen LogP) is 5.88. The Morgan fingerprint density at radius 2 is 1.72 bits per heavy atom. The lowest BCUT2D eigenvalue weighted by Crippen LogP contribution is -1.70. The first-order valence-corrected chi connectivity index (χ1v) is 6.46. The molecule has 0 bridgehead atoms. The van der Waals surface area contributed by atoms with Crippen LogP contribution in [0.3, 0.4) is 0 Å². The smallest absolute Gasteiger partial charge is 0.143 e. The summed E-state index contributed by atoms with van der Waals surface area (Å²) in [6.07, 6.45) is 0. The van der Waals surface area contributed by atoms with E-state index >= 15 is 0 Å². The molecule has 2 aromatic rings. The maximum atomic E-state index is 9.59. The van der Waals surface area contributed by atoms with E-state index in [1.54, 1.807) is 30.3 Å². The molecule has 3 nitrogen and oxygen atoms in total. The van der Waals surface area contributed by atoms with Gasteiger partial charge in [-0.05, 0) is 36.4 Å². The number of rotatable bonds is 2. The summed E-state index contributed by atoms with van der Waals surface area (Å²) >= 11 is 14.9. The molecular formula is C12H7BrCl2N2O. The number of azo groups is 1. The molecule has 0 aliphatic rings. The number of benzene rings is 2. The first kappa shape index (κ1) is 13.3. The molecule has 0 aromatic heterocycles. The van der Waals surface area contributed by atoms with Gasteiger partial charge in [-0.25, -0.2) is 0 Å². The Morgan fingerprint density at radius 3 is 2.44 bits per heavy atom. The molecule has 0 saturated carbocycles. The van der Waals surface area contributed by atoms with Gasteiger partial charge in [-0.2, -0.15) is 5.11 Å². The Balaban J connectivity index is 2.29. The second-order valence-electron chi connectivity index (χ2n) is 3.43. The second kappa shape index (κ2) is 5.69. The number of aromatic hydroxyl groups is 1. The molecule has 0 atom stereocenters. The van der Waals surface area contributed by atoms with Crippen molar-refractivity contribution in [3.05, 3.63) is 50.9 Å². The molecule has 6 heteroatoms. The van der Waals surface area contributed by atoms with Crippen molar-refractivity contribution < 1.29 is 5.11 Å². The molecule has 0 fully saturated rings. The van der Waals surface area contributed by atoms with E-state index in [1.165, 1.54) is 6.07 Å². The van der Waals surface area contributed by atoms with E-state index in [2.05, 4.69) is 26.2 Å². The summed E-state index contributed by atoms with van der Waals surface area (Å²) in [5.41, 5.74) is 0.930. The number of hydrogen-bond donors (Lipinski definition) is 1. The zero-order valence-corrected chi connectivity index (χ0v) is 12.0. The van der Waals surface area contributed by atoms with Crippen LogP contribution < -0.4 is 0 Å². The zero-order chi connectivity index (χ0) is 13.1. The molecule has 2 aromatic carbocycles. The summed E-state index contributed by atoms with van der Waals surface area (Å²) in [5.74, 6) is 0.0574. The van der Waals surface area contributed by atoms with Crippen molar-refractivity contribution in [2.75, 3.05) is 0 Å². The lowest BCUT2D eigenvalue weighted by atomic mass is 10.3. The van der Waals surface area contributed by atoms with E-state index < -0.39 is 0 Å². The van der Waals surface area contributed by atoms with Crippen LogP contribution in [-0.2, 0) is 0 Å². The van der Waals surface area contributed by atoms with Crippen molar-refractivity contribution in [3.8, 4) is 5.75 Å². The fourth-order valence-corrected chi connectivity index (χ4v) is 1.88. The van der Waals surface area contributed by atoms with Crippen LogP contribution in [0.2, 0.25) is 10.0 Å². The van der Waals surface area contributed by atoms with Gasteiger partial charge < -0.3 is 5.11 Å². The van der Waals surface area contributed by atoms with Gasteiger partial charge in [0.25, 0.3) is 0 Å². The minimum atomic E-state index is 0.0574. The highest BCUT2D eigenvalue weighted by atomic mass is 79.9. The molecular weight excluding hydrogens is 339 g/mol. The highest BCUT2D eigenvalue weighted by Gasteiger charge is 2.01. The fourth-order valence-electron chi connectivity index (χ4n) is 1.24. The minimum absolute atomic E-state index is 0.0574. The molecule has 18 heavy (non-hydrogen) atoms. The third-order valence-corrected chi connectivity index (χ3v) is 3.35. The standard InChI is InChI=1S/C12H7BrCl2N2O/c13-7-1-4-12(18)11(5-7)17-16-8-2-3-9(14)10(15)6-8/h1-6,18H. The molecule has 0 spiro atoms. The van der Waals surface area contributed by atoms with E-state index in [0.29, 0.717) is 21.4 Å². The summed E-state index contributed by atoms with van der Waals surface area (Å²) in [6, 6.07) is 9.84. The van der Waals surface area contributed by atoms with Crippen LogP contribution >= 0.6 is 39.1 Å². The summed E-state index contributed by atoms with van der Waals surface area (Å²) < 4.78 is 0.809. The van der Waals surface area contributed by atoms with E-state index in [-0.39, 0.29) is 5.75 Å². The summed E-state index contributed by atoms with van der Waals surface area (Å²) in [6.45, 7) is 0. The molecule has 2 rings (SSSR count). The van der Waals surface area contributed by atoms with Crippen LogP contribution in [0.25, 0.3) is 0 Å². The number of hydrogen-bond acceptors (Lipinski definition) is 3. The second-order valence-corrected chi connectivity index (χ2v) is 5.16. The number of nitrogens with zero attached hydrogens (tertiary/aromatic N) is 2. The summed E-state index contributed by atoms with van der Waals surface area (Å²) in [5, 5.41) is 18.4. The predicted molar refractivity (Wildman–Crippen MR) is 76.4 cm³/mol. The highest BCUT2D eigenvalue weighted by Crippen LogP contribution is 2.32. The van der Waals surface area contributed by atoms with Gasteiger partial charge in [-0.15, -0.1) is 5.11 Å². The largest absolute Gasteiger partial charge is 0.506 e. The third kappa shape index (κ3) is 3.22. The highest BCUT2D eigenvalue weighted by molar-refractivity contribution is 9.10. The Kier molecular flexibility index (Phi) is 4.22. The monoisotopic (exact) mass is 344 g/mol. The zero-order valence-electron chi connectivity index (χ0n) is 8.94. The lowest BCUT2D eigenvalue weighted by molar-refractivity contribution is 0.476. The molecule has 0 unspecified atom stereocenters. The Labute approximate surface area is 122 Å². The van der Waals surface area contributed by atoms with Crippen molar-refractivity contribution in [2.45, 2.75) is 0 Å². The fraction of sp³-hybridized carbons (Fsp3) is 0. The molecule has 0 heterocycles. The number of halogens is 3. The average Bonchev–Trinajstić information content (AvgIpc) is 2.34. The van der Waals surface area contributed by atoms with Gasteiger partial charge >= 0.3 is 0 Å². The molecule has 0 amide bonds. The van der Waals surface area contributed by atoms with Gasteiger partial charge in [0.15, 0.2) is 0 Å². The number of phenols is 1. The molecule has 92 valence electrons. The molecule has 0 aliphatic carbocycles. The van der Waals surface area contributed by atoms with Crippen LogP contribution in [-0.4, -0.2) is 5.11 Å². The van der Waals surface area contributed by atoms with Gasteiger partial charge in [0.2, 0.25) is 0 Å². The SMILES string of the molecule is Oc1ccc(Br)cc1N=Nc1ccc(Cl)c(Cl)c1. The van der Waals surface area contributed by atoms with Gasteiger partial charge in [0.1, 0.15) is 11.4 Å². The van der Waals surface area contributed by atoms with E-state index in [9.17, 15) is 5.11 Å². The first-order chi connectivity index (χ1) is 8.56. The topological polar surface area (TPSA) is 45.0 Å². The maximum Gasteiger partial charge on any atom is 0.143 e. The van der Waals surface area contributed by atoms with E-state index in [1.807, 2.05) is 0 Å². The molecule has 0 saturated heterocycles. The summed E-state index contributed by atoms with van der Waals surface area (Å²) in [4.78, 5) is 0. The van der Waals surface area contributed by atoms with Crippen LogP contribution in [0.1, 0.15) is 0 Å². The molecule has 1 N–H and O–H groups in total. The quantitative estimate of drug-likeness (QED) is 0.679. The first-order valence-electron chi connectivity index (χ1n) is 4.91. The Hall–Kier alpha value is -1.10. The van der Waals surface area contributed by atoms with Gasteiger partial charge in [-0.3, -0.25) is 0 Å².